The average molecular weight is 377 g/mol. The molecule has 7 heteroatoms. The Morgan fingerprint density at radius 1 is 0.786 bits per heavy atom. The molecule has 4 rings (SSSR count). The Hall–Kier alpha value is -3.48. The van der Waals surface area contributed by atoms with Gasteiger partial charge in [-0.15, -0.1) is 10.2 Å². The van der Waals surface area contributed by atoms with Gasteiger partial charge in [-0.05, 0) is 67.8 Å². The molecule has 2 heterocycles. The number of aromatic carboxylic acids is 1. The molecule has 1 N–H and O–H groups in total. The molecule has 1 saturated heterocycles. The van der Waals surface area contributed by atoms with Crippen molar-refractivity contribution in [2.75, 3.05) is 13.1 Å². The third-order valence-electron chi connectivity index (χ3n) is 4.83. The number of hydrogen-bond acceptors (Lipinski definition) is 5. The van der Waals surface area contributed by atoms with Crippen LogP contribution in [0.25, 0.3) is 22.9 Å². The SMILES string of the molecule is O=C(O)c1ccc(-c2nnc(-c3ccc(C(=O)N4CCCCC4)cc3)o2)cc1. The smallest absolute Gasteiger partial charge is 0.335 e. The summed E-state index contributed by atoms with van der Waals surface area (Å²) in [5.74, 6) is -0.289. The van der Waals surface area contributed by atoms with E-state index in [4.69, 9.17) is 9.52 Å². The first-order valence-corrected chi connectivity index (χ1v) is 9.19. The number of benzene rings is 2. The number of carboxylic acids is 1. The summed E-state index contributed by atoms with van der Waals surface area (Å²) in [6, 6.07) is 13.4. The molecule has 1 fully saturated rings. The number of amides is 1. The molecule has 0 aliphatic carbocycles. The van der Waals surface area contributed by atoms with Gasteiger partial charge in [-0.25, -0.2) is 4.79 Å². The second-order valence-corrected chi connectivity index (χ2v) is 6.73. The number of likely N-dealkylation sites (tertiary alicyclic amines) is 1. The van der Waals surface area contributed by atoms with Crippen LogP contribution in [0.4, 0.5) is 0 Å². The molecule has 0 unspecified atom stereocenters. The highest BCUT2D eigenvalue weighted by molar-refractivity contribution is 5.94. The molecule has 0 bridgehead atoms. The molecule has 7 nitrogen and oxygen atoms in total. The summed E-state index contributed by atoms with van der Waals surface area (Å²) < 4.78 is 5.71. The van der Waals surface area contributed by atoms with E-state index >= 15 is 0 Å². The standard InChI is InChI=1S/C21H19N3O4/c25-20(24-12-2-1-3-13-24)16-8-4-14(5-9-16)18-22-23-19(28-18)15-6-10-17(11-7-15)21(26)27/h4-11H,1-3,12-13H2,(H,26,27). The van der Waals surface area contributed by atoms with Gasteiger partial charge in [0.25, 0.3) is 5.91 Å². The van der Waals surface area contributed by atoms with Crippen molar-refractivity contribution in [1.29, 1.82) is 0 Å². The summed E-state index contributed by atoms with van der Waals surface area (Å²) in [7, 11) is 0. The third-order valence-corrected chi connectivity index (χ3v) is 4.83. The predicted molar refractivity (Wildman–Crippen MR) is 102 cm³/mol. The molecule has 1 amide bonds. The van der Waals surface area contributed by atoms with E-state index < -0.39 is 5.97 Å². The van der Waals surface area contributed by atoms with E-state index in [-0.39, 0.29) is 11.5 Å². The van der Waals surface area contributed by atoms with Gasteiger partial charge in [0.15, 0.2) is 0 Å². The number of carbonyl (C=O) groups is 2. The van der Waals surface area contributed by atoms with Gasteiger partial charge in [0, 0.05) is 29.8 Å². The van der Waals surface area contributed by atoms with E-state index in [1.165, 1.54) is 18.6 Å². The normalized spacial score (nSPS) is 14.1. The zero-order valence-electron chi connectivity index (χ0n) is 15.2. The van der Waals surface area contributed by atoms with Crippen molar-refractivity contribution in [3.05, 3.63) is 59.7 Å². The molecular formula is C21H19N3O4. The zero-order valence-corrected chi connectivity index (χ0v) is 15.2. The third kappa shape index (κ3) is 3.64. The van der Waals surface area contributed by atoms with Crippen LogP contribution in [0.3, 0.4) is 0 Å². The van der Waals surface area contributed by atoms with Crippen molar-refractivity contribution in [2.24, 2.45) is 0 Å². The molecular weight excluding hydrogens is 358 g/mol. The first-order valence-electron chi connectivity index (χ1n) is 9.19. The second kappa shape index (κ2) is 7.64. The van der Waals surface area contributed by atoms with Crippen molar-refractivity contribution in [1.82, 2.24) is 15.1 Å². The Morgan fingerprint density at radius 3 is 1.79 bits per heavy atom. The Labute approximate surface area is 161 Å². The van der Waals surface area contributed by atoms with E-state index in [9.17, 15) is 9.59 Å². The molecule has 0 spiro atoms. The Kier molecular flexibility index (Phi) is 4.89. The Morgan fingerprint density at radius 2 is 1.29 bits per heavy atom. The highest BCUT2D eigenvalue weighted by Crippen LogP contribution is 2.25. The quantitative estimate of drug-likeness (QED) is 0.744. The monoisotopic (exact) mass is 377 g/mol. The van der Waals surface area contributed by atoms with Crippen LogP contribution in [0, 0.1) is 0 Å². The largest absolute Gasteiger partial charge is 0.478 e. The maximum absolute atomic E-state index is 12.5. The maximum Gasteiger partial charge on any atom is 0.335 e. The minimum absolute atomic E-state index is 0.0518. The highest BCUT2D eigenvalue weighted by Gasteiger charge is 2.18. The summed E-state index contributed by atoms with van der Waals surface area (Å²) in [4.78, 5) is 25.4. The fourth-order valence-electron chi connectivity index (χ4n) is 3.25. The number of carboxylic acid groups (broad SMARTS) is 1. The van der Waals surface area contributed by atoms with Crippen molar-refractivity contribution >= 4 is 11.9 Å². The van der Waals surface area contributed by atoms with Gasteiger partial charge in [-0.3, -0.25) is 4.79 Å². The lowest BCUT2D eigenvalue weighted by Gasteiger charge is -2.26. The van der Waals surface area contributed by atoms with Gasteiger partial charge >= 0.3 is 5.97 Å². The molecule has 3 aromatic rings. The number of carbonyl (C=O) groups excluding carboxylic acids is 1. The lowest BCUT2D eigenvalue weighted by Crippen LogP contribution is -2.35. The van der Waals surface area contributed by atoms with Gasteiger partial charge in [0.05, 0.1) is 5.56 Å². The van der Waals surface area contributed by atoms with Crippen LogP contribution in [0.2, 0.25) is 0 Å². The molecule has 0 radical (unpaired) electrons. The zero-order chi connectivity index (χ0) is 19.5. The number of piperidine rings is 1. The van der Waals surface area contributed by atoms with Crippen LogP contribution >= 0.6 is 0 Å². The summed E-state index contributed by atoms with van der Waals surface area (Å²) in [6.07, 6.45) is 3.30. The molecule has 0 atom stereocenters. The number of rotatable bonds is 4. The van der Waals surface area contributed by atoms with Crippen LogP contribution in [0.1, 0.15) is 40.0 Å². The lowest BCUT2D eigenvalue weighted by atomic mass is 10.1. The maximum atomic E-state index is 12.5. The van der Waals surface area contributed by atoms with Gasteiger partial charge in [0.2, 0.25) is 11.8 Å². The first kappa shape index (κ1) is 17.9. The summed E-state index contributed by atoms with van der Waals surface area (Å²) in [6.45, 7) is 1.63. The molecule has 28 heavy (non-hydrogen) atoms. The Bertz CT molecular complexity index is 987. The summed E-state index contributed by atoms with van der Waals surface area (Å²) >= 11 is 0. The van der Waals surface area contributed by atoms with Gasteiger partial charge in [-0.1, -0.05) is 0 Å². The van der Waals surface area contributed by atoms with Crippen molar-refractivity contribution in [3.8, 4) is 22.9 Å². The van der Waals surface area contributed by atoms with Crippen molar-refractivity contribution in [3.63, 3.8) is 0 Å². The molecule has 1 aromatic heterocycles. The van der Waals surface area contributed by atoms with E-state index in [0.717, 1.165) is 31.5 Å². The van der Waals surface area contributed by atoms with Crippen molar-refractivity contribution < 1.29 is 19.1 Å². The predicted octanol–water partition coefficient (Wildman–Crippen LogP) is 3.73. The molecule has 1 aliphatic heterocycles. The van der Waals surface area contributed by atoms with Gasteiger partial charge in [-0.2, -0.15) is 0 Å². The lowest BCUT2D eigenvalue weighted by molar-refractivity contribution is 0.0694. The first-order chi connectivity index (χ1) is 13.6. The summed E-state index contributed by atoms with van der Waals surface area (Å²) in [5.41, 5.74) is 2.20. The van der Waals surface area contributed by atoms with E-state index in [1.807, 2.05) is 4.90 Å². The number of aromatic nitrogens is 2. The minimum Gasteiger partial charge on any atom is -0.478 e. The number of nitrogens with zero attached hydrogens (tertiary/aromatic N) is 3. The van der Waals surface area contributed by atoms with Crippen LogP contribution in [-0.4, -0.2) is 45.2 Å². The molecule has 142 valence electrons. The Balaban J connectivity index is 1.50. The second-order valence-electron chi connectivity index (χ2n) is 6.73. The van der Waals surface area contributed by atoms with E-state index in [0.29, 0.717) is 22.9 Å². The minimum atomic E-state index is -0.989. The molecule has 0 saturated carbocycles. The van der Waals surface area contributed by atoms with Crippen LogP contribution in [-0.2, 0) is 0 Å². The summed E-state index contributed by atoms with van der Waals surface area (Å²) in [5, 5.41) is 17.1. The van der Waals surface area contributed by atoms with Crippen LogP contribution in [0.15, 0.2) is 52.9 Å². The average Bonchev–Trinajstić information content (AvgIpc) is 3.24. The van der Waals surface area contributed by atoms with Crippen molar-refractivity contribution in [2.45, 2.75) is 19.3 Å². The molecule has 1 aliphatic rings. The topological polar surface area (TPSA) is 96.5 Å². The fraction of sp³-hybridized carbons (Fsp3) is 0.238. The fourth-order valence-corrected chi connectivity index (χ4v) is 3.25. The van der Waals surface area contributed by atoms with Crippen LogP contribution in [0.5, 0.6) is 0 Å². The number of hydrogen-bond donors (Lipinski definition) is 1. The van der Waals surface area contributed by atoms with Gasteiger partial charge < -0.3 is 14.4 Å². The van der Waals surface area contributed by atoms with E-state index in [1.54, 1.807) is 36.4 Å². The molecule has 2 aromatic carbocycles. The highest BCUT2D eigenvalue weighted by atomic mass is 16.4. The van der Waals surface area contributed by atoms with Gasteiger partial charge in [0.1, 0.15) is 0 Å². The van der Waals surface area contributed by atoms with E-state index in [2.05, 4.69) is 10.2 Å². The van der Waals surface area contributed by atoms with Crippen LogP contribution < -0.4 is 0 Å².